The number of ether oxygens (including phenoxy) is 1. The second-order valence-electron chi connectivity index (χ2n) is 4.25. The van der Waals surface area contributed by atoms with Crippen LogP contribution in [-0.2, 0) is 11.3 Å². The molecule has 0 atom stereocenters. The van der Waals surface area contributed by atoms with E-state index in [1.165, 1.54) is 31.5 Å². The van der Waals surface area contributed by atoms with Crippen LogP contribution in [0.15, 0.2) is 30.8 Å². The minimum Gasteiger partial charge on any atom is -0.361 e. The van der Waals surface area contributed by atoms with Crippen molar-refractivity contribution in [2.24, 2.45) is 0 Å². The van der Waals surface area contributed by atoms with Crippen LogP contribution < -0.4 is 0 Å². The van der Waals surface area contributed by atoms with Gasteiger partial charge in [0.1, 0.15) is 0 Å². The summed E-state index contributed by atoms with van der Waals surface area (Å²) < 4.78 is 5.68. The largest absolute Gasteiger partial charge is 0.361 e. The molecule has 2 nitrogen and oxygen atoms in total. The molecule has 0 unspecified atom stereocenters. The molecule has 1 aliphatic rings. The smallest absolute Gasteiger partial charge is 0.0994 e. The maximum Gasteiger partial charge on any atom is 0.0994 e. The van der Waals surface area contributed by atoms with Crippen LogP contribution in [0.1, 0.15) is 24.0 Å². The van der Waals surface area contributed by atoms with Gasteiger partial charge in [0.15, 0.2) is 0 Å². The maximum atomic E-state index is 5.68. The number of nitrogens with zero attached hydrogens (tertiary/aromatic N) is 1. The van der Waals surface area contributed by atoms with Gasteiger partial charge in [-0.15, -0.1) is 0 Å². The molecule has 0 aliphatic carbocycles. The third-order valence-electron chi connectivity index (χ3n) is 2.96. The molecule has 0 aromatic heterocycles. The Morgan fingerprint density at radius 2 is 1.88 bits per heavy atom. The average Bonchev–Trinajstić information content (AvgIpc) is 2.83. The highest BCUT2D eigenvalue weighted by Gasteiger charge is 2.10. The first-order chi connectivity index (χ1) is 7.88. The molecule has 0 bridgehead atoms. The molecule has 1 fully saturated rings. The summed E-state index contributed by atoms with van der Waals surface area (Å²) in [6, 6.07) is 8.34. The molecule has 2 rings (SSSR count). The first kappa shape index (κ1) is 11.4. The van der Waals surface area contributed by atoms with Crippen LogP contribution in [0.3, 0.4) is 0 Å². The average molecular weight is 217 g/mol. The Morgan fingerprint density at radius 1 is 1.19 bits per heavy atom. The summed E-state index contributed by atoms with van der Waals surface area (Å²) in [6.45, 7) is 7.59. The molecule has 2 heteroatoms. The molecule has 0 spiro atoms. The third-order valence-corrected chi connectivity index (χ3v) is 2.96. The fraction of sp³-hybridized carbons (Fsp3) is 0.429. The predicted molar refractivity (Wildman–Crippen MR) is 67.0 cm³/mol. The summed E-state index contributed by atoms with van der Waals surface area (Å²) in [5.41, 5.74) is 2.38. The van der Waals surface area contributed by atoms with Crippen LogP contribution in [-0.4, -0.2) is 24.7 Å². The highest BCUT2D eigenvalue weighted by Crippen LogP contribution is 2.09. The zero-order valence-corrected chi connectivity index (χ0v) is 9.69. The van der Waals surface area contributed by atoms with Gasteiger partial charge in [0.2, 0.25) is 0 Å². The van der Waals surface area contributed by atoms with Crippen LogP contribution in [0.5, 0.6) is 0 Å². The monoisotopic (exact) mass is 217 g/mol. The quantitative estimate of drug-likeness (QED) is 0.752. The van der Waals surface area contributed by atoms with Gasteiger partial charge in [0.25, 0.3) is 0 Å². The van der Waals surface area contributed by atoms with E-state index >= 15 is 0 Å². The van der Waals surface area contributed by atoms with E-state index in [0.29, 0.717) is 6.61 Å². The fourth-order valence-corrected chi connectivity index (χ4v) is 1.95. The number of rotatable bonds is 5. The standard InChI is InChI=1S/C14H19NO/c1-2-13-5-7-14(8-6-13)11-16-12-15-9-3-4-10-15/h2,5-8H,1,3-4,9-12H2. The van der Waals surface area contributed by atoms with Crippen molar-refractivity contribution in [3.05, 3.63) is 42.0 Å². The number of benzene rings is 1. The normalized spacial score (nSPS) is 16.5. The number of hydrogen-bond donors (Lipinski definition) is 0. The molecular formula is C14H19NO. The van der Waals surface area contributed by atoms with E-state index in [9.17, 15) is 0 Å². The van der Waals surface area contributed by atoms with Crippen molar-refractivity contribution in [1.29, 1.82) is 0 Å². The molecule has 1 aromatic rings. The fourth-order valence-electron chi connectivity index (χ4n) is 1.95. The lowest BCUT2D eigenvalue weighted by Crippen LogP contribution is -2.22. The van der Waals surface area contributed by atoms with Crippen molar-refractivity contribution >= 4 is 6.08 Å². The Bertz CT molecular complexity index is 325. The molecule has 0 amide bonds. The molecule has 86 valence electrons. The Labute approximate surface area is 97.5 Å². The second-order valence-corrected chi connectivity index (χ2v) is 4.25. The molecular weight excluding hydrogens is 198 g/mol. The van der Waals surface area contributed by atoms with Crippen molar-refractivity contribution in [3.63, 3.8) is 0 Å². The van der Waals surface area contributed by atoms with E-state index in [4.69, 9.17) is 4.74 Å². The summed E-state index contributed by atoms with van der Waals surface area (Å²) >= 11 is 0. The van der Waals surface area contributed by atoms with Crippen molar-refractivity contribution in [1.82, 2.24) is 4.90 Å². The van der Waals surface area contributed by atoms with E-state index in [0.717, 1.165) is 12.3 Å². The maximum absolute atomic E-state index is 5.68. The van der Waals surface area contributed by atoms with Gasteiger partial charge < -0.3 is 4.74 Å². The van der Waals surface area contributed by atoms with Crippen molar-refractivity contribution in [2.75, 3.05) is 19.8 Å². The van der Waals surface area contributed by atoms with Gasteiger partial charge >= 0.3 is 0 Å². The molecule has 1 saturated heterocycles. The van der Waals surface area contributed by atoms with E-state index < -0.39 is 0 Å². The summed E-state index contributed by atoms with van der Waals surface area (Å²) in [5, 5.41) is 0. The number of hydrogen-bond acceptors (Lipinski definition) is 2. The van der Waals surface area contributed by atoms with Crippen molar-refractivity contribution in [2.45, 2.75) is 19.4 Å². The van der Waals surface area contributed by atoms with Gasteiger partial charge in [-0.05, 0) is 24.0 Å². The lowest BCUT2D eigenvalue weighted by Gasteiger charge is -2.14. The van der Waals surface area contributed by atoms with Crippen molar-refractivity contribution in [3.8, 4) is 0 Å². The van der Waals surface area contributed by atoms with Crippen LogP contribution >= 0.6 is 0 Å². The molecule has 0 saturated carbocycles. The zero-order valence-electron chi connectivity index (χ0n) is 9.69. The highest BCUT2D eigenvalue weighted by molar-refractivity contribution is 5.47. The van der Waals surface area contributed by atoms with Crippen LogP contribution in [0.2, 0.25) is 0 Å². The Balaban J connectivity index is 1.73. The van der Waals surface area contributed by atoms with Crippen LogP contribution in [0.25, 0.3) is 6.08 Å². The Hall–Kier alpha value is -1.12. The molecule has 16 heavy (non-hydrogen) atoms. The molecule has 0 N–H and O–H groups in total. The zero-order chi connectivity index (χ0) is 11.2. The predicted octanol–water partition coefficient (Wildman–Crippen LogP) is 2.90. The lowest BCUT2D eigenvalue weighted by molar-refractivity contribution is 0.0312. The minimum absolute atomic E-state index is 0.702. The third kappa shape index (κ3) is 3.19. The highest BCUT2D eigenvalue weighted by atomic mass is 16.5. The van der Waals surface area contributed by atoms with Crippen LogP contribution in [0.4, 0.5) is 0 Å². The minimum atomic E-state index is 0.702. The Morgan fingerprint density at radius 3 is 2.50 bits per heavy atom. The van der Waals surface area contributed by atoms with Gasteiger partial charge in [0.05, 0.1) is 13.3 Å². The van der Waals surface area contributed by atoms with E-state index in [1.54, 1.807) is 0 Å². The van der Waals surface area contributed by atoms with Gasteiger partial charge in [-0.25, -0.2) is 0 Å². The Kier molecular flexibility index (Phi) is 4.14. The van der Waals surface area contributed by atoms with Crippen LogP contribution in [0, 0.1) is 0 Å². The van der Waals surface area contributed by atoms with Gasteiger partial charge in [-0.1, -0.05) is 36.9 Å². The SMILES string of the molecule is C=Cc1ccc(COCN2CCCC2)cc1. The van der Waals surface area contributed by atoms with E-state index in [1.807, 2.05) is 6.08 Å². The summed E-state index contributed by atoms with van der Waals surface area (Å²) in [6.07, 6.45) is 4.49. The van der Waals surface area contributed by atoms with E-state index in [2.05, 4.69) is 35.7 Å². The first-order valence-corrected chi connectivity index (χ1v) is 5.90. The summed E-state index contributed by atoms with van der Waals surface area (Å²) in [5.74, 6) is 0. The van der Waals surface area contributed by atoms with Gasteiger partial charge in [-0.3, -0.25) is 4.90 Å². The number of likely N-dealkylation sites (tertiary alicyclic amines) is 1. The molecule has 0 radical (unpaired) electrons. The van der Waals surface area contributed by atoms with Crippen molar-refractivity contribution < 1.29 is 4.74 Å². The molecule has 1 aromatic carbocycles. The van der Waals surface area contributed by atoms with Gasteiger partial charge in [-0.2, -0.15) is 0 Å². The summed E-state index contributed by atoms with van der Waals surface area (Å²) in [7, 11) is 0. The van der Waals surface area contributed by atoms with Gasteiger partial charge in [0, 0.05) is 13.1 Å². The first-order valence-electron chi connectivity index (χ1n) is 5.90. The lowest BCUT2D eigenvalue weighted by atomic mass is 10.1. The van der Waals surface area contributed by atoms with E-state index in [-0.39, 0.29) is 0 Å². The summed E-state index contributed by atoms with van der Waals surface area (Å²) in [4.78, 5) is 2.36. The molecule has 1 heterocycles. The molecule has 1 aliphatic heterocycles. The topological polar surface area (TPSA) is 12.5 Å². The second kappa shape index (κ2) is 5.83.